The van der Waals surface area contributed by atoms with Gasteiger partial charge in [-0.2, -0.15) is 0 Å². The Morgan fingerprint density at radius 3 is 2.81 bits per heavy atom. The van der Waals surface area contributed by atoms with Crippen molar-refractivity contribution in [2.24, 2.45) is 0 Å². The van der Waals surface area contributed by atoms with Crippen molar-refractivity contribution in [2.75, 3.05) is 37.7 Å². The summed E-state index contributed by atoms with van der Waals surface area (Å²) < 4.78 is 6.37. The summed E-state index contributed by atoms with van der Waals surface area (Å²) in [5.41, 5.74) is 1.10. The van der Waals surface area contributed by atoms with Crippen LogP contribution in [0, 0.1) is 0 Å². The van der Waals surface area contributed by atoms with Crippen molar-refractivity contribution in [1.29, 1.82) is 0 Å². The van der Waals surface area contributed by atoms with Crippen LogP contribution in [0.4, 0.5) is 9.93 Å². The quantitative estimate of drug-likeness (QED) is 0.869. The number of carbonyl (C=O) groups excluding carboxylic acids is 1. The summed E-state index contributed by atoms with van der Waals surface area (Å²) in [5, 5.41) is 4.98. The molecule has 0 aliphatic carbocycles. The van der Waals surface area contributed by atoms with E-state index < -0.39 is 0 Å². The lowest BCUT2D eigenvalue weighted by Crippen LogP contribution is -2.52. The largest absolute Gasteiger partial charge is 0.450 e. The Morgan fingerprint density at radius 2 is 2.04 bits per heavy atom. The van der Waals surface area contributed by atoms with Gasteiger partial charge in [0.2, 0.25) is 0 Å². The average Bonchev–Trinajstić information content (AvgIpc) is 3.13. The number of rotatable bonds is 4. The van der Waals surface area contributed by atoms with Crippen LogP contribution in [0.1, 0.15) is 32.6 Å². The van der Waals surface area contributed by atoms with Crippen LogP contribution in [-0.2, 0) is 4.74 Å². The third-order valence-corrected chi connectivity index (χ3v) is 6.56. The summed E-state index contributed by atoms with van der Waals surface area (Å²) in [6, 6.07) is 9.34. The Labute approximate surface area is 164 Å². The predicted octanol–water partition coefficient (Wildman–Crippen LogP) is 3.48. The van der Waals surface area contributed by atoms with Gasteiger partial charge in [0.1, 0.15) is 0 Å². The number of aromatic nitrogens is 1. The second kappa shape index (κ2) is 8.44. The fourth-order valence-electron chi connectivity index (χ4n) is 4.06. The lowest BCUT2D eigenvalue weighted by atomic mass is 10.0. The monoisotopic (exact) mass is 388 g/mol. The number of nitrogens with one attached hydrogen (secondary N) is 1. The van der Waals surface area contributed by atoms with Gasteiger partial charge in [0.05, 0.1) is 16.8 Å². The molecule has 0 spiro atoms. The molecule has 1 N–H and O–H groups in total. The topological polar surface area (TPSA) is 57.7 Å². The number of hydrogen-bond acceptors (Lipinski definition) is 6. The first kappa shape index (κ1) is 18.5. The van der Waals surface area contributed by atoms with Crippen LogP contribution in [0.25, 0.3) is 10.2 Å². The second-order valence-corrected chi connectivity index (χ2v) is 8.39. The molecule has 0 saturated carbocycles. The van der Waals surface area contributed by atoms with Gasteiger partial charge in [0.25, 0.3) is 0 Å². The molecule has 2 aliphatic heterocycles. The van der Waals surface area contributed by atoms with Crippen molar-refractivity contribution in [1.82, 2.24) is 15.2 Å². The number of likely N-dealkylation sites (tertiary alicyclic amines) is 1. The second-order valence-electron chi connectivity index (χ2n) is 7.38. The summed E-state index contributed by atoms with van der Waals surface area (Å²) >= 11 is 1.79. The summed E-state index contributed by atoms with van der Waals surface area (Å²) in [6.07, 6.45) is 4.22. The van der Waals surface area contributed by atoms with E-state index in [1.807, 2.05) is 11.8 Å². The maximum atomic E-state index is 11.8. The first-order valence-electron chi connectivity index (χ1n) is 10.0. The third-order valence-electron chi connectivity index (χ3n) is 5.47. The zero-order chi connectivity index (χ0) is 18.6. The molecule has 6 nitrogen and oxygen atoms in total. The van der Waals surface area contributed by atoms with E-state index in [0.29, 0.717) is 18.7 Å². The van der Waals surface area contributed by atoms with Crippen molar-refractivity contribution in [3.63, 3.8) is 0 Å². The highest BCUT2D eigenvalue weighted by Crippen LogP contribution is 2.30. The smallest absolute Gasteiger partial charge is 0.409 e. The molecule has 0 radical (unpaired) electrons. The van der Waals surface area contributed by atoms with Crippen LogP contribution in [0.5, 0.6) is 0 Å². The Morgan fingerprint density at radius 1 is 1.22 bits per heavy atom. The summed E-state index contributed by atoms with van der Waals surface area (Å²) in [5.74, 6) is 0. The molecular weight excluding hydrogens is 360 g/mol. The molecule has 1 amide bonds. The van der Waals surface area contributed by atoms with Gasteiger partial charge >= 0.3 is 6.09 Å². The number of hydrogen-bond donors (Lipinski definition) is 1. The van der Waals surface area contributed by atoms with E-state index in [1.54, 1.807) is 11.3 Å². The maximum absolute atomic E-state index is 11.8. The van der Waals surface area contributed by atoms with Gasteiger partial charge in [-0.1, -0.05) is 23.5 Å². The van der Waals surface area contributed by atoms with Crippen molar-refractivity contribution < 1.29 is 9.53 Å². The lowest BCUT2D eigenvalue weighted by Gasteiger charge is -2.38. The SMILES string of the molecule is CCOC(=O)N1CCC(N[C@H]2CCCN(c3nc4ccccc4s3)C2)CC1. The van der Waals surface area contributed by atoms with E-state index in [4.69, 9.17) is 9.72 Å². The van der Waals surface area contributed by atoms with E-state index in [1.165, 1.54) is 17.5 Å². The number of amides is 1. The predicted molar refractivity (Wildman–Crippen MR) is 110 cm³/mol. The summed E-state index contributed by atoms with van der Waals surface area (Å²) in [6.45, 7) is 5.96. The van der Waals surface area contributed by atoms with Gasteiger partial charge in [-0.05, 0) is 44.7 Å². The van der Waals surface area contributed by atoms with Gasteiger partial charge in [-0.15, -0.1) is 0 Å². The average molecular weight is 389 g/mol. The molecule has 1 aromatic heterocycles. The minimum absolute atomic E-state index is 0.171. The fraction of sp³-hybridized carbons (Fsp3) is 0.600. The van der Waals surface area contributed by atoms with E-state index >= 15 is 0 Å². The molecule has 2 aliphatic rings. The van der Waals surface area contributed by atoms with E-state index in [2.05, 4.69) is 34.5 Å². The van der Waals surface area contributed by atoms with E-state index in [9.17, 15) is 4.79 Å². The van der Waals surface area contributed by atoms with E-state index in [0.717, 1.165) is 49.7 Å². The first-order valence-corrected chi connectivity index (χ1v) is 10.8. The Bertz CT molecular complexity index is 739. The normalized spacial score (nSPS) is 21.6. The Balaban J connectivity index is 1.31. The number of anilines is 1. The molecular formula is C20H28N4O2S. The molecule has 2 saturated heterocycles. The number of ether oxygens (including phenoxy) is 1. The summed E-state index contributed by atoms with van der Waals surface area (Å²) in [7, 11) is 0. The third kappa shape index (κ3) is 4.35. The molecule has 4 rings (SSSR count). The molecule has 0 unspecified atom stereocenters. The molecule has 27 heavy (non-hydrogen) atoms. The first-order chi connectivity index (χ1) is 13.2. The van der Waals surface area contributed by atoms with Crippen LogP contribution >= 0.6 is 11.3 Å². The molecule has 1 aromatic carbocycles. The van der Waals surface area contributed by atoms with Gasteiger partial charge < -0.3 is 19.9 Å². The van der Waals surface area contributed by atoms with Crippen molar-refractivity contribution in [2.45, 2.75) is 44.7 Å². The molecule has 0 bridgehead atoms. The highest BCUT2D eigenvalue weighted by molar-refractivity contribution is 7.22. The number of thiazole rings is 1. The number of benzene rings is 1. The number of piperidine rings is 2. The minimum atomic E-state index is -0.171. The highest BCUT2D eigenvalue weighted by Gasteiger charge is 2.28. The van der Waals surface area contributed by atoms with Gasteiger partial charge in [0, 0.05) is 38.3 Å². The lowest BCUT2D eigenvalue weighted by molar-refractivity contribution is 0.0939. The number of nitrogens with zero attached hydrogens (tertiary/aromatic N) is 3. The number of carbonyl (C=O) groups is 1. The maximum Gasteiger partial charge on any atom is 0.409 e. The zero-order valence-corrected chi connectivity index (χ0v) is 16.7. The van der Waals surface area contributed by atoms with Crippen LogP contribution in [-0.4, -0.2) is 60.8 Å². The van der Waals surface area contributed by atoms with Gasteiger partial charge in [-0.25, -0.2) is 9.78 Å². The van der Waals surface area contributed by atoms with Gasteiger partial charge in [-0.3, -0.25) is 0 Å². The van der Waals surface area contributed by atoms with Crippen molar-refractivity contribution in [3.8, 4) is 0 Å². The molecule has 1 atom stereocenters. The zero-order valence-electron chi connectivity index (χ0n) is 15.9. The van der Waals surface area contributed by atoms with Crippen LogP contribution in [0.3, 0.4) is 0 Å². The van der Waals surface area contributed by atoms with Gasteiger partial charge in [0.15, 0.2) is 5.13 Å². The molecule has 146 valence electrons. The highest BCUT2D eigenvalue weighted by atomic mass is 32.1. The van der Waals surface area contributed by atoms with Crippen LogP contribution in [0.15, 0.2) is 24.3 Å². The molecule has 3 heterocycles. The van der Waals surface area contributed by atoms with Crippen molar-refractivity contribution in [3.05, 3.63) is 24.3 Å². The summed E-state index contributed by atoms with van der Waals surface area (Å²) in [4.78, 5) is 20.9. The van der Waals surface area contributed by atoms with E-state index in [-0.39, 0.29) is 6.09 Å². The van der Waals surface area contributed by atoms with Crippen molar-refractivity contribution >= 4 is 32.8 Å². The van der Waals surface area contributed by atoms with Crippen LogP contribution in [0.2, 0.25) is 0 Å². The number of fused-ring (bicyclic) bond motifs is 1. The Kier molecular flexibility index (Phi) is 5.78. The van der Waals surface area contributed by atoms with Crippen LogP contribution < -0.4 is 10.2 Å². The fourth-order valence-corrected chi connectivity index (χ4v) is 5.06. The Hall–Kier alpha value is -1.86. The minimum Gasteiger partial charge on any atom is -0.450 e. The number of para-hydroxylation sites is 1. The standard InChI is InChI=1S/C20H28N4O2S/c1-2-26-20(25)23-12-9-15(10-13-23)21-16-6-5-11-24(14-16)19-22-17-7-3-4-8-18(17)27-19/h3-4,7-8,15-16,21H,2,5-6,9-14H2,1H3/t16-/m0/s1. The molecule has 2 aromatic rings. The molecule has 7 heteroatoms. The molecule has 2 fully saturated rings.